The predicted octanol–water partition coefficient (Wildman–Crippen LogP) is 1.87. The quantitative estimate of drug-likeness (QED) is 0.728. The van der Waals surface area contributed by atoms with Crippen molar-refractivity contribution in [3.63, 3.8) is 0 Å². The van der Waals surface area contributed by atoms with Crippen LogP contribution in [-0.4, -0.2) is 46.7 Å². The number of fused-ring (bicyclic) bond motifs is 2. The van der Waals surface area contributed by atoms with E-state index in [1.54, 1.807) is 29.0 Å². The molecule has 0 aliphatic carbocycles. The Balaban J connectivity index is 1.65. The highest BCUT2D eigenvalue weighted by molar-refractivity contribution is 5.93. The van der Waals surface area contributed by atoms with Crippen LogP contribution < -0.4 is 0 Å². The van der Waals surface area contributed by atoms with Crippen molar-refractivity contribution in [2.75, 3.05) is 6.54 Å². The van der Waals surface area contributed by atoms with Crippen LogP contribution in [0, 0.1) is 12.8 Å². The van der Waals surface area contributed by atoms with E-state index in [0.717, 1.165) is 18.1 Å². The standard InChI is InChI=1S/C17H21N7O/c1-11(2)7-13-9-22(10-16-20-19-12(3)24(13)16)17(25)14-8-15-18-5-4-6-23(15)21-14/h4-6,8,11,13H,7,9-10H2,1-3H3/t13-/m0/s1. The van der Waals surface area contributed by atoms with Crippen molar-refractivity contribution in [1.82, 2.24) is 34.3 Å². The molecule has 0 radical (unpaired) electrons. The summed E-state index contributed by atoms with van der Waals surface area (Å²) in [7, 11) is 0. The minimum Gasteiger partial charge on any atom is -0.328 e. The molecule has 3 aromatic rings. The van der Waals surface area contributed by atoms with Gasteiger partial charge in [-0.1, -0.05) is 13.8 Å². The Hall–Kier alpha value is -2.77. The minimum absolute atomic E-state index is 0.0915. The lowest BCUT2D eigenvalue weighted by atomic mass is 10.0. The summed E-state index contributed by atoms with van der Waals surface area (Å²) >= 11 is 0. The SMILES string of the molecule is Cc1nnc2n1[C@@H](CC(C)C)CN(C(=O)c1cc3ncccn3n1)C2. The van der Waals surface area contributed by atoms with E-state index in [2.05, 4.69) is 38.7 Å². The highest BCUT2D eigenvalue weighted by atomic mass is 16.2. The number of nitrogens with zero attached hydrogens (tertiary/aromatic N) is 7. The third kappa shape index (κ3) is 2.77. The maximum absolute atomic E-state index is 13.0. The van der Waals surface area contributed by atoms with Gasteiger partial charge in [0.1, 0.15) is 5.82 Å². The summed E-state index contributed by atoms with van der Waals surface area (Å²) in [4.78, 5) is 19.0. The van der Waals surface area contributed by atoms with Crippen LogP contribution in [0.1, 0.15) is 48.4 Å². The molecule has 1 amide bonds. The molecule has 25 heavy (non-hydrogen) atoms. The van der Waals surface area contributed by atoms with Crippen molar-refractivity contribution >= 4 is 11.6 Å². The van der Waals surface area contributed by atoms with Crippen LogP contribution >= 0.6 is 0 Å². The monoisotopic (exact) mass is 339 g/mol. The van der Waals surface area contributed by atoms with Crippen molar-refractivity contribution in [3.05, 3.63) is 41.9 Å². The van der Waals surface area contributed by atoms with Gasteiger partial charge in [-0.05, 0) is 25.3 Å². The van der Waals surface area contributed by atoms with Crippen LogP contribution in [0.2, 0.25) is 0 Å². The summed E-state index contributed by atoms with van der Waals surface area (Å²) in [5.41, 5.74) is 1.08. The first kappa shape index (κ1) is 15.7. The van der Waals surface area contributed by atoms with Crippen molar-refractivity contribution in [2.45, 2.75) is 39.8 Å². The van der Waals surface area contributed by atoms with E-state index < -0.39 is 0 Å². The second-order valence-corrected chi connectivity index (χ2v) is 6.95. The van der Waals surface area contributed by atoms with Gasteiger partial charge in [-0.15, -0.1) is 10.2 Å². The van der Waals surface area contributed by atoms with E-state index in [0.29, 0.717) is 30.3 Å². The topological polar surface area (TPSA) is 81.2 Å². The lowest BCUT2D eigenvalue weighted by Gasteiger charge is -2.34. The lowest BCUT2D eigenvalue weighted by Crippen LogP contribution is -2.42. The fourth-order valence-corrected chi connectivity index (χ4v) is 3.54. The van der Waals surface area contributed by atoms with Crippen LogP contribution in [0.15, 0.2) is 24.5 Å². The first-order valence-corrected chi connectivity index (χ1v) is 8.53. The van der Waals surface area contributed by atoms with Gasteiger partial charge in [0, 0.05) is 25.0 Å². The van der Waals surface area contributed by atoms with E-state index in [4.69, 9.17) is 0 Å². The van der Waals surface area contributed by atoms with Gasteiger partial charge in [0.15, 0.2) is 17.2 Å². The normalized spacial score (nSPS) is 17.3. The molecule has 0 spiro atoms. The zero-order valence-electron chi connectivity index (χ0n) is 14.6. The summed E-state index contributed by atoms with van der Waals surface area (Å²) in [5.74, 6) is 2.18. The molecule has 0 fully saturated rings. The fraction of sp³-hybridized carbons (Fsp3) is 0.471. The number of hydrogen-bond donors (Lipinski definition) is 0. The molecule has 4 heterocycles. The molecule has 0 aromatic carbocycles. The molecule has 0 saturated heterocycles. The molecule has 8 nitrogen and oxygen atoms in total. The van der Waals surface area contributed by atoms with Gasteiger partial charge >= 0.3 is 0 Å². The van der Waals surface area contributed by atoms with E-state index in [9.17, 15) is 4.79 Å². The molecule has 130 valence electrons. The molecule has 8 heteroatoms. The smallest absolute Gasteiger partial charge is 0.274 e. The van der Waals surface area contributed by atoms with Crippen LogP contribution in [0.3, 0.4) is 0 Å². The molecule has 4 rings (SSSR count). The van der Waals surface area contributed by atoms with E-state index >= 15 is 0 Å². The Bertz CT molecular complexity index is 893. The van der Waals surface area contributed by atoms with Crippen molar-refractivity contribution < 1.29 is 4.79 Å². The van der Waals surface area contributed by atoms with Gasteiger partial charge < -0.3 is 9.47 Å². The van der Waals surface area contributed by atoms with Gasteiger partial charge in [0.05, 0.1) is 12.6 Å². The zero-order chi connectivity index (χ0) is 17.6. The maximum atomic E-state index is 13.0. The number of carbonyl (C=O) groups is 1. The lowest BCUT2D eigenvalue weighted by molar-refractivity contribution is 0.0654. The van der Waals surface area contributed by atoms with Crippen molar-refractivity contribution in [2.24, 2.45) is 5.92 Å². The molecule has 1 aliphatic rings. The highest BCUT2D eigenvalue weighted by Gasteiger charge is 2.32. The molecule has 0 saturated carbocycles. The van der Waals surface area contributed by atoms with Crippen LogP contribution in [0.4, 0.5) is 0 Å². The zero-order valence-corrected chi connectivity index (χ0v) is 14.6. The Labute approximate surface area is 145 Å². The molecular formula is C17H21N7O. The second-order valence-electron chi connectivity index (χ2n) is 6.95. The average Bonchev–Trinajstić information content (AvgIpc) is 3.17. The van der Waals surface area contributed by atoms with Gasteiger partial charge in [-0.25, -0.2) is 9.50 Å². The van der Waals surface area contributed by atoms with E-state index in [1.165, 1.54) is 0 Å². The van der Waals surface area contributed by atoms with Gasteiger partial charge in [-0.3, -0.25) is 4.79 Å². The number of amides is 1. The van der Waals surface area contributed by atoms with Crippen LogP contribution in [-0.2, 0) is 6.54 Å². The number of carbonyl (C=O) groups excluding carboxylic acids is 1. The molecule has 0 N–H and O–H groups in total. The molecule has 1 aliphatic heterocycles. The molecule has 3 aromatic heterocycles. The third-order valence-electron chi connectivity index (χ3n) is 4.55. The maximum Gasteiger partial charge on any atom is 0.274 e. The van der Waals surface area contributed by atoms with Crippen molar-refractivity contribution in [3.8, 4) is 0 Å². The Morgan fingerprint density at radius 3 is 2.96 bits per heavy atom. The second kappa shape index (κ2) is 5.94. The summed E-state index contributed by atoms with van der Waals surface area (Å²) < 4.78 is 3.80. The fourth-order valence-electron chi connectivity index (χ4n) is 3.54. The Morgan fingerprint density at radius 1 is 1.36 bits per heavy atom. The third-order valence-corrected chi connectivity index (χ3v) is 4.55. The Kier molecular flexibility index (Phi) is 3.74. The van der Waals surface area contributed by atoms with Gasteiger partial charge in [0.2, 0.25) is 0 Å². The number of aromatic nitrogens is 6. The van der Waals surface area contributed by atoms with Crippen LogP contribution in [0.5, 0.6) is 0 Å². The van der Waals surface area contributed by atoms with Crippen LogP contribution in [0.25, 0.3) is 5.65 Å². The van der Waals surface area contributed by atoms with E-state index in [-0.39, 0.29) is 11.9 Å². The predicted molar refractivity (Wildman–Crippen MR) is 91.0 cm³/mol. The molecule has 0 bridgehead atoms. The summed E-state index contributed by atoms with van der Waals surface area (Å²) in [6, 6.07) is 3.71. The van der Waals surface area contributed by atoms with Gasteiger partial charge in [-0.2, -0.15) is 5.10 Å². The Morgan fingerprint density at radius 2 is 2.20 bits per heavy atom. The summed E-state index contributed by atoms with van der Waals surface area (Å²) in [6.45, 7) is 7.44. The number of hydrogen-bond acceptors (Lipinski definition) is 5. The number of rotatable bonds is 3. The molecular weight excluding hydrogens is 318 g/mol. The van der Waals surface area contributed by atoms with Gasteiger partial charge in [0.25, 0.3) is 5.91 Å². The molecule has 1 atom stereocenters. The minimum atomic E-state index is -0.0915. The van der Waals surface area contributed by atoms with E-state index in [1.807, 2.05) is 11.8 Å². The summed E-state index contributed by atoms with van der Waals surface area (Å²) in [6.07, 6.45) is 4.45. The first-order valence-electron chi connectivity index (χ1n) is 8.53. The van der Waals surface area contributed by atoms with Crippen molar-refractivity contribution in [1.29, 1.82) is 0 Å². The first-order chi connectivity index (χ1) is 12.0. The average molecular weight is 339 g/mol. The number of aryl methyl sites for hydroxylation is 1. The molecule has 0 unspecified atom stereocenters. The summed E-state index contributed by atoms with van der Waals surface area (Å²) in [5, 5.41) is 12.8. The largest absolute Gasteiger partial charge is 0.328 e. The highest BCUT2D eigenvalue weighted by Crippen LogP contribution is 2.27.